The van der Waals surface area contributed by atoms with Crippen LogP contribution in [0.1, 0.15) is 13.8 Å². The summed E-state index contributed by atoms with van der Waals surface area (Å²) in [7, 11) is 1.51. The lowest BCUT2D eigenvalue weighted by atomic mass is 10.1. The lowest BCUT2D eigenvalue weighted by molar-refractivity contribution is 0.152. The molecular formula is C9H18N2O2S2. The van der Waals surface area contributed by atoms with E-state index in [-0.39, 0.29) is 4.75 Å². The van der Waals surface area contributed by atoms with Crippen molar-refractivity contribution in [2.45, 2.75) is 18.6 Å². The van der Waals surface area contributed by atoms with Crippen LogP contribution in [0.4, 0.5) is 4.79 Å². The highest BCUT2D eigenvalue weighted by Gasteiger charge is 2.24. The lowest BCUT2D eigenvalue weighted by Gasteiger charge is -2.22. The van der Waals surface area contributed by atoms with Gasteiger partial charge in [0.2, 0.25) is 0 Å². The van der Waals surface area contributed by atoms with Gasteiger partial charge in [-0.25, -0.2) is 4.79 Å². The zero-order valence-electron chi connectivity index (χ0n) is 9.79. The lowest BCUT2D eigenvalue weighted by Crippen LogP contribution is -2.30. The molecule has 0 unspecified atom stereocenters. The Kier molecular flexibility index (Phi) is 6.84. The van der Waals surface area contributed by atoms with Gasteiger partial charge in [-0.05, 0) is 26.4 Å². The first-order chi connectivity index (χ1) is 6.97. The molecule has 0 aliphatic carbocycles. The third kappa shape index (κ3) is 5.32. The van der Waals surface area contributed by atoms with E-state index in [1.807, 2.05) is 12.5 Å². The first-order valence-electron chi connectivity index (χ1n) is 4.48. The molecule has 1 N–H and O–H groups in total. The van der Waals surface area contributed by atoms with Crippen molar-refractivity contribution in [1.82, 2.24) is 5.32 Å². The first-order valence-corrected chi connectivity index (χ1v) is 7.10. The van der Waals surface area contributed by atoms with Crippen LogP contribution in [0.15, 0.2) is 5.16 Å². The molecule has 0 aromatic heterocycles. The Bertz CT molecular complexity index is 242. The number of carbonyl (C=O) groups is 1. The summed E-state index contributed by atoms with van der Waals surface area (Å²) in [6.45, 7) is 4.11. The van der Waals surface area contributed by atoms with Crippen molar-refractivity contribution >= 4 is 35.3 Å². The van der Waals surface area contributed by atoms with E-state index in [2.05, 4.69) is 24.3 Å². The number of nitrogens with one attached hydrogen (secondary N) is 1. The normalized spacial score (nSPS) is 12.5. The molecule has 0 aliphatic heterocycles. The van der Waals surface area contributed by atoms with Gasteiger partial charge in [0.25, 0.3) is 0 Å². The van der Waals surface area contributed by atoms with E-state index in [0.717, 1.165) is 11.5 Å². The fourth-order valence-corrected chi connectivity index (χ4v) is 1.83. The number of hydrogen-bond acceptors (Lipinski definition) is 5. The molecule has 0 bridgehead atoms. The summed E-state index contributed by atoms with van der Waals surface area (Å²) >= 11 is 3.33. The summed E-state index contributed by atoms with van der Waals surface area (Å²) in [6, 6.07) is 0. The van der Waals surface area contributed by atoms with Crippen LogP contribution in [0.2, 0.25) is 0 Å². The van der Waals surface area contributed by atoms with Gasteiger partial charge in [0.15, 0.2) is 0 Å². The van der Waals surface area contributed by atoms with Gasteiger partial charge in [-0.1, -0.05) is 5.16 Å². The smallest absolute Gasteiger partial charge is 0.323 e. The van der Waals surface area contributed by atoms with Crippen LogP contribution in [0, 0.1) is 0 Å². The Balaban J connectivity index is 4.57. The average molecular weight is 250 g/mol. The van der Waals surface area contributed by atoms with Crippen LogP contribution >= 0.6 is 23.5 Å². The van der Waals surface area contributed by atoms with Crippen LogP contribution in [0.3, 0.4) is 0 Å². The standard InChI is InChI=1S/C9H18N2O2S2/c1-9(2,15-5)7(6-14-4)11-13-8(12)10-3/h6H2,1-5H3,(H,10,12). The Morgan fingerprint density at radius 3 is 2.47 bits per heavy atom. The van der Waals surface area contributed by atoms with Crippen LogP contribution < -0.4 is 5.32 Å². The quantitative estimate of drug-likeness (QED) is 0.462. The topological polar surface area (TPSA) is 50.7 Å². The SMILES string of the molecule is CNC(=O)ON=C(CSC)C(C)(C)SC. The maximum atomic E-state index is 10.9. The molecule has 4 nitrogen and oxygen atoms in total. The maximum Gasteiger partial charge on any atom is 0.433 e. The predicted octanol–water partition coefficient (Wildman–Crippen LogP) is 2.20. The molecule has 0 radical (unpaired) electrons. The summed E-state index contributed by atoms with van der Waals surface area (Å²) in [5.74, 6) is 0.755. The number of carbonyl (C=O) groups excluding carboxylic acids is 1. The van der Waals surface area contributed by atoms with Gasteiger partial charge in [0.1, 0.15) is 0 Å². The summed E-state index contributed by atoms with van der Waals surface area (Å²) in [4.78, 5) is 15.6. The largest absolute Gasteiger partial charge is 0.433 e. The van der Waals surface area contributed by atoms with Crippen LogP contribution in [0.5, 0.6) is 0 Å². The molecule has 0 aromatic rings. The van der Waals surface area contributed by atoms with E-state index < -0.39 is 6.09 Å². The maximum absolute atomic E-state index is 10.9. The number of amides is 1. The van der Waals surface area contributed by atoms with E-state index in [1.165, 1.54) is 7.05 Å². The van der Waals surface area contributed by atoms with Crippen molar-refractivity contribution in [3.8, 4) is 0 Å². The highest BCUT2D eigenvalue weighted by molar-refractivity contribution is 8.01. The molecule has 6 heteroatoms. The molecule has 0 rings (SSSR count). The Morgan fingerprint density at radius 1 is 1.47 bits per heavy atom. The van der Waals surface area contributed by atoms with Gasteiger partial charge in [0, 0.05) is 12.8 Å². The van der Waals surface area contributed by atoms with E-state index in [9.17, 15) is 4.79 Å². The van der Waals surface area contributed by atoms with Gasteiger partial charge in [-0.3, -0.25) is 4.84 Å². The van der Waals surface area contributed by atoms with Crippen molar-refractivity contribution in [3.05, 3.63) is 0 Å². The average Bonchev–Trinajstić information content (AvgIpc) is 2.23. The highest BCUT2D eigenvalue weighted by atomic mass is 32.2. The van der Waals surface area contributed by atoms with Crippen LogP contribution in [0.25, 0.3) is 0 Å². The molecule has 0 atom stereocenters. The third-order valence-electron chi connectivity index (χ3n) is 1.93. The van der Waals surface area contributed by atoms with Gasteiger partial charge in [-0.2, -0.15) is 23.5 Å². The molecule has 0 saturated carbocycles. The van der Waals surface area contributed by atoms with Crippen LogP contribution in [-0.4, -0.2) is 41.9 Å². The number of thioether (sulfide) groups is 2. The summed E-state index contributed by atoms with van der Waals surface area (Å²) in [5.41, 5.74) is 0.867. The second-order valence-electron chi connectivity index (χ2n) is 3.31. The fraction of sp³-hybridized carbons (Fsp3) is 0.778. The van der Waals surface area contributed by atoms with Gasteiger partial charge in [-0.15, -0.1) is 0 Å². The van der Waals surface area contributed by atoms with E-state index in [0.29, 0.717) is 0 Å². The number of oxime groups is 1. The van der Waals surface area contributed by atoms with E-state index in [4.69, 9.17) is 4.84 Å². The monoisotopic (exact) mass is 250 g/mol. The summed E-state index contributed by atoms with van der Waals surface area (Å²) < 4.78 is -0.114. The first kappa shape index (κ1) is 14.6. The molecule has 0 heterocycles. The molecule has 0 spiro atoms. The van der Waals surface area contributed by atoms with Gasteiger partial charge in [0.05, 0.1) is 10.5 Å². The molecule has 0 aliphatic rings. The molecular weight excluding hydrogens is 232 g/mol. The summed E-state index contributed by atoms with van der Waals surface area (Å²) in [5, 5.41) is 6.24. The number of rotatable bonds is 5. The Hall–Kier alpha value is -0.360. The summed E-state index contributed by atoms with van der Waals surface area (Å²) in [6.07, 6.45) is 3.46. The predicted molar refractivity (Wildman–Crippen MR) is 69.0 cm³/mol. The van der Waals surface area contributed by atoms with E-state index >= 15 is 0 Å². The van der Waals surface area contributed by atoms with Crippen molar-refractivity contribution < 1.29 is 9.63 Å². The molecule has 0 fully saturated rings. The van der Waals surface area contributed by atoms with Crippen molar-refractivity contribution in [1.29, 1.82) is 0 Å². The minimum atomic E-state index is -0.537. The molecule has 1 amide bonds. The zero-order chi connectivity index (χ0) is 11.9. The molecule has 0 saturated heterocycles. The molecule has 88 valence electrons. The second-order valence-corrected chi connectivity index (χ2v) is 5.61. The zero-order valence-corrected chi connectivity index (χ0v) is 11.4. The van der Waals surface area contributed by atoms with Gasteiger partial charge >= 0.3 is 6.09 Å². The second kappa shape index (κ2) is 7.00. The number of nitrogens with zero attached hydrogens (tertiary/aromatic N) is 1. The van der Waals surface area contributed by atoms with Crippen molar-refractivity contribution in [2.24, 2.45) is 5.16 Å². The minimum absolute atomic E-state index is 0.114. The third-order valence-corrected chi connectivity index (χ3v) is 3.75. The van der Waals surface area contributed by atoms with Gasteiger partial charge < -0.3 is 5.32 Å². The van der Waals surface area contributed by atoms with Crippen molar-refractivity contribution in [2.75, 3.05) is 25.3 Å². The molecule has 15 heavy (non-hydrogen) atoms. The fourth-order valence-electron chi connectivity index (χ4n) is 0.707. The Labute approximate surface area is 99.6 Å². The van der Waals surface area contributed by atoms with Crippen molar-refractivity contribution in [3.63, 3.8) is 0 Å². The minimum Gasteiger partial charge on any atom is -0.323 e. The highest BCUT2D eigenvalue weighted by Crippen LogP contribution is 2.25. The number of hydrogen-bond donors (Lipinski definition) is 1. The van der Waals surface area contributed by atoms with Crippen LogP contribution in [-0.2, 0) is 4.84 Å². The molecule has 0 aromatic carbocycles. The van der Waals surface area contributed by atoms with E-state index in [1.54, 1.807) is 23.5 Å². The Morgan fingerprint density at radius 2 is 2.07 bits per heavy atom.